The van der Waals surface area contributed by atoms with Gasteiger partial charge in [0.25, 0.3) is 5.56 Å². The number of phosphoric ester groups is 1. The third-order valence-corrected chi connectivity index (χ3v) is 7.89. The normalized spacial score (nSPS) is 31.3. The van der Waals surface area contributed by atoms with Crippen LogP contribution in [0.2, 0.25) is 0 Å². The number of rotatable bonds is 8. The van der Waals surface area contributed by atoms with Crippen LogP contribution in [0.1, 0.15) is 17.9 Å². The summed E-state index contributed by atoms with van der Waals surface area (Å²) in [5.41, 5.74) is 11.0. The van der Waals surface area contributed by atoms with Gasteiger partial charge in [0.05, 0.1) is 25.7 Å². The van der Waals surface area contributed by atoms with Gasteiger partial charge in [-0.3, -0.25) is 23.4 Å². The Bertz CT molecular complexity index is 1730. The molecule has 4 aromatic heterocycles. The number of phosphoric acid groups is 1. The number of fused-ring (bicyclic) bond motifs is 2. The molecule has 0 spiro atoms. The molecule has 6 rings (SSSR count). The van der Waals surface area contributed by atoms with E-state index in [2.05, 4.69) is 30.0 Å². The maximum absolute atomic E-state index is 13.0. The van der Waals surface area contributed by atoms with Crippen LogP contribution in [0.25, 0.3) is 16.8 Å². The Kier molecular flexibility index (Phi) is 7.17. The van der Waals surface area contributed by atoms with Gasteiger partial charge in [-0.1, -0.05) is 0 Å². The zero-order valence-electron chi connectivity index (χ0n) is 21.2. The average molecular weight is 612 g/mol. The molecule has 226 valence electrons. The highest BCUT2D eigenvalue weighted by Crippen LogP contribution is 2.50. The van der Waals surface area contributed by atoms with Gasteiger partial charge in [0.1, 0.15) is 49.1 Å². The molecule has 2 aliphatic rings. The lowest BCUT2D eigenvalue weighted by Gasteiger charge is -2.24. The minimum Gasteiger partial charge on any atom is -0.394 e. The molecule has 22 heteroatoms. The second-order valence-corrected chi connectivity index (χ2v) is 10.9. The minimum atomic E-state index is -5.05. The van der Waals surface area contributed by atoms with E-state index in [0.29, 0.717) is 0 Å². The molecule has 4 aromatic rings. The summed E-state index contributed by atoms with van der Waals surface area (Å²) in [7, 11) is -5.05. The highest BCUT2D eigenvalue weighted by Gasteiger charge is 2.50. The fraction of sp³-hybridized carbons (Fsp3) is 0.500. The number of aliphatic hydroxyl groups excluding tert-OH is 4. The van der Waals surface area contributed by atoms with Crippen molar-refractivity contribution in [2.75, 3.05) is 24.7 Å². The van der Waals surface area contributed by atoms with E-state index in [1.54, 1.807) is 0 Å². The van der Waals surface area contributed by atoms with Gasteiger partial charge in [-0.05, 0) is 0 Å². The number of nitrogens with zero attached hydrogens (tertiary/aromatic N) is 7. The quantitative estimate of drug-likeness (QED) is 0.0888. The van der Waals surface area contributed by atoms with Crippen molar-refractivity contribution in [2.24, 2.45) is 0 Å². The summed E-state index contributed by atoms with van der Waals surface area (Å²) >= 11 is 0. The Balaban J connectivity index is 1.19. The van der Waals surface area contributed by atoms with Crippen molar-refractivity contribution >= 4 is 36.5 Å². The molecule has 21 nitrogen and oxygen atoms in total. The van der Waals surface area contributed by atoms with E-state index < -0.39 is 75.6 Å². The Labute approximate surface area is 232 Å². The predicted molar refractivity (Wildman–Crippen MR) is 135 cm³/mol. The lowest BCUT2D eigenvalue weighted by molar-refractivity contribution is -0.0550. The summed E-state index contributed by atoms with van der Waals surface area (Å²) < 4.78 is 37.0. The van der Waals surface area contributed by atoms with Crippen molar-refractivity contribution in [1.29, 1.82) is 0 Å². The lowest BCUT2D eigenvalue weighted by atomic mass is 10.0. The maximum atomic E-state index is 13.0. The predicted octanol–water partition coefficient (Wildman–Crippen LogP) is -3.66. The van der Waals surface area contributed by atoms with Crippen LogP contribution >= 0.6 is 7.82 Å². The van der Waals surface area contributed by atoms with E-state index in [4.69, 9.17) is 30.0 Å². The van der Waals surface area contributed by atoms with Crippen LogP contribution < -0.4 is 17.0 Å². The third kappa shape index (κ3) is 4.80. The van der Waals surface area contributed by atoms with Gasteiger partial charge in [-0.2, -0.15) is 14.6 Å². The number of nitrogen functional groups attached to an aromatic ring is 2. The minimum absolute atomic E-state index is 0.0205. The molecule has 0 aliphatic carbocycles. The van der Waals surface area contributed by atoms with Crippen LogP contribution in [0.5, 0.6) is 0 Å². The molecular weight excluding hydrogens is 587 g/mol. The average Bonchev–Trinajstić information content (AvgIpc) is 3.69. The molecule has 0 amide bonds. The van der Waals surface area contributed by atoms with Crippen LogP contribution in [0.4, 0.5) is 11.9 Å². The molecule has 2 aliphatic heterocycles. The number of anilines is 2. The number of imidazole rings is 1. The zero-order chi connectivity index (χ0) is 29.9. The summed E-state index contributed by atoms with van der Waals surface area (Å²) in [6, 6.07) is 0. The first kappa shape index (κ1) is 28.5. The number of nitrogens with two attached hydrogens (primary N) is 2. The number of hydrogen-bond donors (Lipinski definition) is 8. The molecule has 9 atom stereocenters. The number of nitrogens with one attached hydrogen (secondary N) is 1. The Morgan fingerprint density at radius 2 is 1.86 bits per heavy atom. The Morgan fingerprint density at radius 3 is 2.62 bits per heavy atom. The molecule has 6 heterocycles. The van der Waals surface area contributed by atoms with Crippen molar-refractivity contribution in [3.63, 3.8) is 0 Å². The number of ether oxygens (including phenoxy) is 2. The molecule has 10 N–H and O–H groups in total. The van der Waals surface area contributed by atoms with E-state index in [9.17, 15) is 34.7 Å². The molecular formula is C20H25N10O11P. The summed E-state index contributed by atoms with van der Waals surface area (Å²) in [4.78, 5) is 40.8. The van der Waals surface area contributed by atoms with Crippen LogP contribution in [0.15, 0.2) is 23.6 Å². The molecule has 0 aromatic carbocycles. The van der Waals surface area contributed by atoms with Crippen molar-refractivity contribution < 1.29 is 48.4 Å². The molecule has 0 saturated carbocycles. The molecule has 0 radical (unpaired) electrons. The SMILES string of the molecule is Nc1nc2c(ncn2[C@@H]2O[C@H](CO)[C@@H](O)[C@H]2OP(=O)(O)OC[C@H]2O[C@@H](c3cnn4c(N)ncnc34)[C@H](O)[C@@H]2O)c(=O)[nH]1. The Morgan fingerprint density at radius 1 is 1.07 bits per heavy atom. The molecule has 0 bridgehead atoms. The smallest absolute Gasteiger partial charge is 0.394 e. The second-order valence-electron chi connectivity index (χ2n) is 9.49. The number of hydrogen-bond acceptors (Lipinski definition) is 17. The Hall–Kier alpha value is -3.63. The van der Waals surface area contributed by atoms with Gasteiger partial charge in [0.15, 0.2) is 23.0 Å². The monoisotopic (exact) mass is 612 g/mol. The first-order valence-corrected chi connectivity index (χ1v) is 13.8. The van der Waals surface area contributed by atoms with Gasteiger partial charge >= 0.3 is 7.82 Å². The standard InChI is InChI=1S/C20H25N10O11P/c21-19-27-16-9(17(35)28-19)25-5-29(16)18-14(11(33)7(2-31)40-18)41-42(36,37)38-3-8-10(32)12(34)13(39-8)6-1-26-30-15(6)23-4-24-20(30)22/h1,4-5,7-8,10-14,18,31-34H,2-3H2,(H,36,37)(H2,22,23,24)(H3,21,27,28,35)/t7-,8-,10-,11-,12-,13+,14-,18-/m1/s1. The van der Waals surface area contributed by atoms with Gasteiger partial charge in [0.2, 0.25) is 11.9 Å². The van der Waals surface area contributed by atoms with Crippen LogP contribution in [-0.2, 0) is 23.1 Å². The van der Waals surface area contributed by atoms with Gasteiger partial charge in [-0.15, -0.1) is 0 Å². The van der Waals surface area contributed by atoms with Gasteiger partial charge in [0, 0.05) is 5.56 Å². The molecule has 42 heavy (non-hydrogen) atoms. The largest absolute Gasteiger partial charge is 0.472 e. The first-order valence-electron chi connectivity index (χ1n) is 12.3. The number of aromatic nitrogens is 8. The van der Waals surface area contributed by atoms with Crippen LogP contribution in [0.3, 0.4) is 0 Å². The van der Waals surface area contributed by atoms with Crippen LogP contribution in [-0.4, -0.2) is 114 Å². The van der Waals surface area contributed by atoms with Crippen molar-refractivity contribution in [1.82, 2.24) is 39.1 Å². The van der Waals surface area contributed by atoms with E-state index in [1.165, 1.54) is 17.0 Å². The molecule has 1 unspecified atom stereocenters. The molecule has 2 fully saturated rings. The lowest BCUT2D eigenvalue weighted by Crippen LogP contribution is -2.36. The van der Waals surface area contributed by atoms with Crippen LogP contribution in [0, 0.1) is 0 Å². The summed E-state index contributed by atoms with van der Waals surface area (Å²) in [6.07, 6.45) is -7.89. The fourth-order valence-corrected chi connectivity index (χ4v) is 5.81. The maximum Gasteiger partial charge on any atom is 0.472 e. The van der Waals surface area contributed by atoms with E-state index >= 15 is 0 Å². The highest BCUT2D eigenvalue weighted by atomic mass is 31.2. The van der Waals surface area contributed by atoms with E-state index in [-0.39, 0.29) is 34.3 Å². The second kappa shape index (κ2) is 10.6. The summed E-state index contributed by atoms with van der Waals surface area (Å²) in [5, 5.41) is 45.6. The number of H-pyrrole nitrogens is 1. The third-order valence-electron chi connectivity index (χ3n) is 6.90. The first-order chi connectivity index (χ1) is 20.0. The summed E-state index contributed by atoms with van der Waals surface area (Å²) in [6.45, 7) is -1.43. The van der Waals surface area contributed by atoms with Crippen molar-refractivity contribution in [3.8, 4) is 0 Å². The fourth-order valence-electron chi connectivity index (χ4n) is 4.88. The number of aliphatic hydroxyl groups is 4. The van der Waals surface area contributed by atoms with Crippen molar-refractivity contribution in [2.45, 2.75) is 49.0 Å². The van der Waals surface area contributed by atoms with E-state index in [1.807, 2.05) is 0 Å². The van der Waals surface area contributed by atoms with Crippen molar-refractivity contribution in [3.05, 3.63) is 34.8 Å². The zero-order valence-corrected chi connectivity index (χ0v) is 22.1. The topological polar surface area (TPSA) is 314 Å². The molecule has 2 saturated heterocycles. The van der Waals surface area contributed by atoms with Gasteiger partial charge in [-0.25, -0.2) is 19.5 Å². The number of aromatic amines is 1. The summed E-state index contributed by atoms with van der Waals surface area (Å²) in [5.74, 6) is -0.233. The highest BCUT2D eigenvalue weighted by molar-refractivity contribution is 7.47. The van der Waals surface area contributed by atoms with Gasteiger partial charge < -0.3 is 46.3 Å². The van der Waals surface area contributed by atoms with E-state index in [0.717, 1.165) is 10.9 Å².